The molecule has 1 unspecified atom stereocenters. The Bertz CT molecular complexity index is 421. The van der Waals surface area contributed by atoms with Crippen molar-refractivity contribution in [2.24, 2.45) is 5.41 Å². The molecule has 0 saturated carbocycles. The minimum absolute atomic E-state index is 0.195. The fraction of sp³-hybridized carbons (Fsp3) is 0.500. The number of carbonyl (C=O) groups excluding carboxylic acids is 1. The van der Waals surface area contributed by atoms with Crippen LogP contribution in [0.25, 0.3) is 0 Å². The zero-order valence-electron chi connectivity index (χ0n) is 11.2. The fourth-order valence-electron chi connectivity index (χ4n) is 1.79. The van der Waals surface area contributed by atoms with Crippen molar-refractivity contribution in [1.29, 1.82) is 0 Å². The number of alkyl halides is 3. The minimum atomic E-state index is -4.86. The summed E-state index contributed by atoms with van der Waals surface area (Å²) < 4.78 is 37.0. The molecule has 0 bridgehead atoms. The first-order valence-corrected chi connectivity index (χ1v) is 6.02. The highest BCUT2D eigenvalue weighted by Gasteiger charge is 2.40. The zero-order chi connectivity index (χ0) is 14.7. The van der Waals surface area contributed by atoms with Crippen LogP contribution in [-0.2, 0) is 4.79 Å². The Morgan fingerprint density at radius 2 is 1.68 bits per heavy atom. The van der Waals surface area contributed by atoms with Gasteiger partial charge in [0, 0.05) is 0 Å². The van der Waals surface area contributed by atoms with Crippen LogP contribution in [0.3, 0.4) is 0 Å². The summed E-state index contributed by atoms with van der Waals surface area (Å²) in [5.41, 5.74) is 0.481. The van der Waals surface area contributed by atoms with E-state index in [-0.39, 0.29) is 5.41 Å². The summed E-state index contributed by atoms with van der Waals surface area (Å²) in [6, 6.07) is 8.05. The first-order valence-electron chi connectivity index (χ1n) is 6.02. The number of rotatable bonds is 3. The molecular weight excluding hydrogens is 255 g/mol. The fourth-order valence-corrected chi connectivity index (χ4v) is 1.79. The lowest BCUT2D eigenvalue weighted by Crippen LogP contribution is -2.40. The molecule has 5 heteroatoms. The summed E-state index contributed by atoms with van der Waals surface area (Å²) in [4.78, 5) is 11.1. The maximum Gasteiger partial charge on any atom is 0.471 e. The molecule has 2 nitrogen and oxygen atoms in total. The second-order valence-electron chi connectivity index (χ2n) is 5.70. The lowest BCUT2D eigenvalue weighted by atomic mass is 9.85. The van der Waals surface area contributed by atoms with Crippen LogP contribution in [0.2, 0.25) is 0 Å². The molecule has 1 amide bonds. The van der Waals surface area contributed by atoms with Crippen LogP contribution in [-0.4, -0.2) is 12.1 Å². The van der Waals surface area contributed by atoms with Crippen LogP contribution in [0, 0.1) is 5.41 Å². The molecule has 1 rings (SSSR count). The van der Waals surface area contributed by atoms with Crippen molar-refractivity contribution in [2.75, 3.05) is 0 Å². The van der Waals surface area contributed by atoms with E-state index in [0.29, 0.717) is 12.0 Å². The van der Waals surface area contributed by atoms with Crippen molar-refractivity contribution in [3.05, 3.63) is 35.9 Å². The van der Waals surface area contributed by atoms with Crippen molar-refractivity contribution >= 4 is 5.91 Å². The molecule has 0 aliphatic heterocycles. The van der Waals surface area contributed by atoms with Gasteiger partial charge in [-0.1, -0.05) is 51.1 Å². The van der Waals surface area contributed by atoms with Gasteiger partial charge in [0.05, 0.1) is 6.04 Å². The van der Waals surface area contributed by atoms with E-state index in [1.54, 1.807) is 30.3 Å². The summed E-state index contributed by atoms with van der Waals surface area (Å²) in [6.07, 6.45) is -4.43. The van der Waals surface area contributed by atoms with Gasteiger partial charge in [-0.05, 0) is 17.4 Å². The molecule has 0 aromatic heterocycles. The van der Waals surface area contributed by atoms with Gasteiger partial charge in [0.2, 0.25) is 0 Å². The monoisotopic (exact) mass is 273 g/mol. The highest BCUT2D eigenvalue weighted by molar-refractivity contribution is 5.82. The highest BCUT2D eigenvalue weighted by atomic mass is 19.4. The van der Waals surface area contributed by atoms with E-state index in [0.717, 1.165) is 0 Å². The van der Waals surface area contributed by atoms with E-state index >= 15 is 0 Å². The van der Waals surface area contributed by atoms with Gasteiger partial charge in [-0.25, -0.2) is 0 Å². The number of halogens is 3. The van der Waals surface area contributed by atoms with Gasteiger partial charge in [0.1, 0.15) is 0 Å². The van der Waals surface area contributed by atoms with E-state index in [9.17, 15) is 18.0 Å². The third-order valence-electron chi connectivity index (χ3n) is 2.58. The van der Waals surface area contributed by atoms with E-state index in [1.165, 1.54) is 0 Å². The van der Waals surface area contributed by atoms with Gasteiger partial charge in [0.15, 0.2) is 0 Å². The van der Waals surface area contributed by atoms with Gasteiger partial charge in [-0.3, -0.25) is 4.79 Å². The van der Waals surface area contributed by atoms with Crippen LogP contribution in [0.15, 0.2) is 30.3 Å². The molecule has 1 aromatic carbocycles. The van der Waals surface area contributed by atoms with Crippen molar-refractivity contribution < 1.29 is 18.0 Å². The average molecular weight is 273 g/mol. The number of benzene rings is 1. The maximum atomic E-state index is 12.3. The lowest BCUT2D eigenvalue weighted by Gasteiger charge is -2.27. The number of nitrogens with one attached hydrogen (secondary N) is 1. The number of carbonyl (C=O) groups is 1. The Morgan fingerprint density at radius 3 is 2.11 bits per heavy atom. The molecule has 1 aromatic rings. The zero-order valence-corrected chi connectivity index (χ0v) is 11.2. The number of hydrogen-bond donors (Lipinski definition) is 1. The average Bonchev–Trinajstić information content (AvgIpc) is 2.26. The predicted molar refractivity (Wildman–Crippen MR) is 67.5 cm³/mol. The number of hydrogen-bond acceptors (Lipinski definition) is 1. The van der Waals surface area contributed by atoms with Crippen LogP contribution in [0.4, 0.5) is 13.2 Å². The van der Waals surface area contributed by atoms with Crippen molar-refractivity contribution in [1.82, 2.24) is 5.32 Å². The third-order valence-corrected chi connectivity index (χ3v) is 2.58. The topological polar surface area (TPSA) is 29.1 Å². The highest BCUT2D eigenvalue weighted by Crippen LogP contribution is 2.30. The van der Waals surface area contributed by atoms with Crippen molar-refractivity contribution in [3.63, 3.8) is 0 Å². The summed E-state index contributed by atoms with van der Waals surface area (Å²) in [5.74, 6) is -1.90. The normalized spacial score (nSPS) is 14.0. The van der Waals surface area contributed by atoms with E-state index in [1.807, 2.05) is 20.8 Å². The predicted octanol–water partition coefficient (Wildman–Crippen LogP) is 3.84. The number of amides is 1. The molecule has 0 saturated heterocycles. The third kappa shape index (κ3) is 5.32. The summed E-state index contributed by atoms with van der Waals surface area (Å²) in [5, 5.41) is 2.07. The first-order chi connectivity index (χ1) is 8.59. The Morgan fingerprint density at radius 1 is 1.16 bits per heavy atom. The molecule has 0 aliphatic rings. The minimum Gasteiger partial charge on any atom is -0.341 e. The Balaban J connectivity index is 2.91. The SMILES string of the molecule is CC(C)(C)CC(NC(=O)C(F)(F)F)c1ccccc1. The smallest absolute Gasteiger partial charge is 0.341 e. The van der Waals surface area contributed by atoms with Crippen LogP contribution >= 0.6 is 0 Å². The second-order valence-corrected chi connectivity index (χ2v) is 5.70. The van der Waals surface area contributed by atoms with Gasteiger partial charge in [-0.2, -0.15) is 13.2 Å². The molecule has 0 aliphatic carbocycles. The van der Waals surface area contributed by atoms with Gasteiger partial charge >= 0.3 is 12.1 Å². The lowest BCUT2D eigenvalue weighted by molar-refractivity contribution is -0.174. The standard InChI is InChI=1S/C14H18F3NO/c1-13(2,3)9-11(10-7-5-4-6-8-10)18-12(19)14(15,16)17/h4-8,11H,9H2,1-3H3,(H,18,19). The molecule has 19 heavy (non-hydrogen) atoms. The van der Waals surface area contributed by atoms with Gasteiger partial charge < -0.3 is 5.32 Å². The molecule has 1 N–H and O–H groups in total. The Kier molecular flexibility index (Phi) is 4.61. The molecule has 0 fully saturated rings. The van der Waals surface area contributed by atoms with Gasteiger partial charge in [-0.15, -0.1) is 0 Å². The van der Waals surface area contributed by atoms with E-state index < -0.39 is 18.1 Å². The molecule has 0 radical (unpaired) electrons. The quantitative estimate of drug-likeness (QED) is 0.890. The van der Waals surface area contributed by atoms with Crippen LogP contribution < -0.4 is 5.32 Å². The van der Waals surface area contributed by atoms with Crippen LogP contribution in [0.1, 0.15) is 38.8 Å². The second kappa shape index (κ2) is 5.63. The van der Waals surface area contributed by atoms with Crippen molar-refractivity contribution in [2.45, 2.75) is 39.4 Å². The summed E-state index contributed by atoms with van der Waals surface area (Å²) in [6.45, 7) is 5.76. The van der Waals surface area contributed by atoms with E-state index in [2.05, 4.69) is 5.32 Å². The summed E-state index contributed by atoms with van der Waals surface area (Å²) in [7, 11) is 0. The molecule has 0 spiro atoms. The maximum absolute atomic E-state index is 12.3. The van der Waals surface area contributed by atoms with Gasteiger partial charge in [0.25, 0.3) is 0 Å². The van der Waals surface area contributed by atoms with Crippen LogP contribution in [0.5, 0.6) is 0 Å². The first kappa shape index (κ1) is 15.5. The molecule has 0 heterocycles. The van der Waals surface area contributed by atoms with E-state index in [4.69, 9.17) is 0 Å². The summed E-state index contributed by atoms with van der Waals surface area (Å²) >= 11 is 0. The molecule has 106 valence electrons. The molecule has 1 atom stereocenters. The Labute approximate surface area is 111 Å². The Hall–Kier alpha value is -1.52. The molecular formula is C14H18F3NO. The largest absolute Gasteiger partial charge is 0.471 e. The van der Waals surface area contributed by atoms with Crippen molar-refractivity contribution in [3.8, 4) is 0 Å².